The van der Waals surface area contributed by atoms with E-state index in [1.54, 1.807) is 18.2 Å². The highest BCUT2D eigenvalue weighted by molar-refractivity contribution is 9.10. The molecule has 2 amide bonds. The summed E-state index contributed by atoms with van der Waals surface area (Å²) in [6, 6.07) is 28.9. The van der Waals surface area contributed by atoms with Gasteiger partial charge in [0.25, 0.3) is 11.8 Å². The highest BCUT2D eigenvalue weighted by Gasteiger charge is 2.42. The molecule has 9 heteroatoms. The molecule has 7 nitrogen and oxygen atoms in total. The number of nitrogens with zero attached hydrogens (tertiary/aromatic N) is 2. The van der Waals surface area contributed by atoms with Gasteiger partial charge in [0.15, 0.2) is 0 Å². The van der Waals surface area contributed by atoms with Gasteiger partial charge in [-0.05, 0) is 67.1 Å². The van der Waals surface area contributed by atoms with Gasteiger partial charge in [0.05, 0.1) is 17.1 Å². The van der Waals surface area contributed by atoms with E-state index in [4.69, 9.17) is 4.84 Å². The molecule has 44 heavy (non-hydrogen) atoms. The Kier molecular flexibility index (Phi) is 8.86. The molecule has 4 aromatic carbocycles. The Morgan fingerprint density at radius 1 is 0.864 bits per heavy atom. The molecule has 0 atom stereocenters. The fourth-order valence-corrected chi connectivity index (χ4v) is 6.27. The Balaban J connectivity index is 1.19. The molecule has 1 fully saturated rings. The lowest BCUT2D eigenvalue weighted by molar-refractivity contribution is -0.0359. The van der Waals surface area contributed by atoms with Gasteiger partial charge in [0.1, 0.15) is 5.60 Å². The van der Waals surface area contributed by atoms with E-state index in [1.807, 2.05) is 67.6 Å². The first-order valence-corrected chi connectivity index (χ1v) is 16.2. The largest absolute Gasteiger partial charge is 0.388 e. The molecule has 0 aromatic heterocycles. The summed E-state index contributed by atoms with van der Waals surface area (Å²) < 4.78 is 1.91. The second-order valence-corrected chi connectivity index (χ2v) is 13.2. The van der Waals surface area contributed by atoms with E-state index in [1.165, 1.54) is 5.56 Å². The molecule has 1 saturated heterocycles. The molecule has 0 unspecified atom stereocenters. The number of nitrogens with one attached hydrogen (secondary N) is 2. The molecule has 0 aliphatic carbocycles. The van der Waals surface area contributed by atoms with Crippen LogP contribution in [0, 0.1) is 6.92 Å². The number of carbonyl (C=O) groups is 2. The summed E-state index contributed by atoms with van der Waals surface area (Å²) in [5.41, 5.74) is 6.34. The number of benzene rings is 4. The maximum atomic E-state index is 13.3. The Hall–Kier alpha value is -3.95. The first-order valence-electron chi connectivity index (χ1n) is 14.6. The van der Waals surface area contributed by atoms with Gasteiger partial charge >= 0.3 is 0 Å². The van der Waals surface area contributed by atoms with Crippen molar-refractivity contribution in [3.05, 3.63) is 128 Å². The summed E-state index contributed by atoms with van der Waals surface area (Å²) in [6.45, 7) is 3.90. The molecule has 2 aliphatic rings. The van der Waals surface area contributed by atoms with Gasteiger partial charge in [-0.1, -0.05) is 79.0 Å². The van der Waals surface area contributed by atoms with Gasteiger partial charge in [-0.2, -0.15) is 0 Å². The van der Waals surface area contributed by atoms with Gasteiger partial charge in [-0.3, -0.25) is 9.59 Å². The number of hydrogen-bond acceptors (Lipinski definition) is 5. The summed E-state index contributed by atoms with van der Waals surface area (Å²) >= 11 is 6.98. The number of anilines is 2. The molecule has 0 radical (unpaired) electrons. The topological polar surface area (TPSA) is 83.0 Å². The number of halogens is 2. The average molecular weight is 716 g/mol. The predicted molar refractivity (Wildman–Crippen MR) is 181 cm³/mol. The van der Waals surface area contributed by atoms with Crippen molar-refractivity contribution < 1.29 is 14.4 Å². The maximum Gasteiger partial charge on any atom is 0.255 e. The van der Waals surface area contributed by atoms with Crippen molar-refractivity contribution in [3.63, 3.8) is 0 Å². The van der Waals surface area contributed by atoms with Crippen molar-refractivity contribution in [3.8, 4) is 0 Å². The fraction of sp³-hybridized carbons (Fsp3) is 0.229. The highest BCUT2D eigenvalue weighted by atomic mass is 79.9. The van der Waals surface area contributed by atoms with Gasteiger partial charge in [0, 0.05) is 64.5 Å². The normalized spacial score (nSPS) is 15.4. The van der Waals surface area contributed by atoms with Crippen LogP contribution < -0.4 is 15.5 Å². The average Bonchev–Trinajstić information content (AvgIpc) is 3.45. The van der Waals surface area contributed by atoms with Crippen LogP contribution in [-0.2, 0) is 11.4 Å². The number of oxime groups is 1. The quantitative estimate of drug-likeness (QED) is 0.204. The van der Waals surface area contributed by atoms with Crippen LogP contribution in [0.3, 0.4) is 0 Å². The van der Waals surface area contributed by atoms with Crippen molar-refractivity contribution in [2.75, 3.05) is 23.3 Å². The van der Waals surface area contributed by atoms with E-state index in [-0.39, 0.29) is 17.4 Å². The number of piperidine rings is 1. The van der Waals surface area contributed by atoms with Crippen LogP contribution in [-0.4, -0.2) is 36.2 Å². The van der Waals surface area contributed by atoms with Gasteiger partial charge in [-0.15, -0.1) is 0 Å². The molecule has 0 saturated carbocycles. The molecule has 224 valence electrons. The van der Waals surface area contributed by atoms with Gasteiger partial charge in [0.2, 0.25) is 0 Å². The minimum absolute atomic E-state index is 0.203. The minimum Gasteiger partial charge on any atom is -0.388 e. The lowest BCUT2D eigenvalue weighted by Gasteiger charge is -2.39. The first-order chi connectivity index (χ1) is 21.3. The van der Waals surface area contributed by atoms with E-state index in [9.17, 15) is 9.59 Å². The van der Waals surface area contributed by atoms with Crippen molar-refractivity contribution in [1.82, 2.24) is 5.32 Å². The Bertz CT molecular complexity index is 1710. The van der Waals surface area contributed by atoms with E-state index in [0.717, 1.165) is 63.8 Å². The van der Waals surface area contributed by atoms with E-state index in [2.05, 4.69) is 64.7 Å². The Morgan fingerprint density at radius 3 is 2.32 bits per heavy atom. The third kappa shape index (κ3) is 6.89. The monoisotopic (exact) mass is 714 g/mol. The molecular weight excluding hydrogens is 684 g/mol. The van der Waals surface area contributed by atoms with Gasteiger partial charge < -0.3 is 20.4 Å². The Labute approximate surface area is 273 Å². The summed E-state index contributed by atoms with van der Waals surface area (Å²) in [4.78, 5) is 34.8. The number of hydrogen-bond donors (Lipinski definition) is 2. The van der Waals surface area contributed by atoms with Crippen molar-refractivity contribution in [1.29, 1.82) is 0 Å². The summed E-state index contributed by atoms with van der Waals surface area (Å²) in [7, 11) is 0. The molecule has 0 bridgehead atoms. The number of rotatable bonds is 7. The summed E-state index contributed by atoms with van der Waals surface area (Å²) in [5.74, 6) is -0.443. The van der Waals surface area contributed by atoms with Crippen LogP contribution in [0.4, 0.5) is 11.4 Å². The minimum atomic E-state index is -0.342. The summed E-state index contributed by atoms with van der Waals surface area (Å²) in [5, 5.41) is 10.5. The standard InChI is InChI=1S/C35H32Br2N4O3/c1-23-5-7-24(8-6-23)22-38-33(42)27-11-14-32(30(20-27)39-34(43)25-9-12-28(36)13-10-25)41-17-15-35(16-18-41)21-31(40-44-35)26-3-2-4-29(37)19-26/h2-14,19-20H,15-18,21-22H2,1H3,(H,38,42)(H,39,43). The van der Waals surface area contributed by atoms with E-state index in [0.29, 0.717) is 23.4 Å². The van der Waals surface area contributed by atoms with Crippen molar-refractivity contribution in [2.45, 2.75) is 38.3 Å². The second-order valence-electron chi connectivity index (χ2n) is 11.3. The van der Waals surface area contributed by atoms with Gasteiger partial charge in [-0.25, -0.2) is 0 Å². The number of amides is 2. The molecular formula is C35H32Br2N4O3. The fourth-order valence-electron chi connectivity index (χ4n) is 5.61. The summed E-state index contributed by atoms with van der Waals surface area (Å²) in [6.07, 6.45) is 2.32. The third-order valence-corrected chi connectivity index (χ3v) is 9.22. The first kappa shape index (κ1) is 30.1. The lowest BCUT2D eigenvalue weighted by Crippen LogP contribution is -2.45. The van der Waals surface area contributed by atoms with Crippen LogP contribution in [0.25, 0.3) is 0 Å². The molecule has 4 aromatic rings. The van der Waals surface area contributed by atoms with Crippen LogP contribution in [0.2, 0.25) is 0 Å². The second kappa shape index (κ2) is 13.0. The lowest BCUT2D eigenvalue weighted by atomic mass is 9.85. The molecule has 2 aliphatic heterocycles. The molecule has 1 spiro atoms. The van der Waals surface area contributed by atoms with Crippen LogP contribution in [0.15, 0.2) is 105 Å². The zero-order valence-electron chi connectivity index (χ0n) is 24.3. The zero-order chi connectivity index (χ0) is 30.7. The maximum absolute atomic E-state index is 13.3. The highest BCUT2D eigenvalue weighted by Crippen LogP contribution is 2.39. The smallest absolute Gasteiger partial charge is 0.255 e. The van der Waals surface area contributed by atoms with Crippen LogP contribution >= 0.6 is 31.9 Å². The SMILES string of the molecule is Cc1ccc(CNC(=O)c2ccc(N3CCC4(CC3)CC(c3cccc(Br)c3)=NO4)c(NC(=O)c3ccc(Br)cc3)c2)cc1. The predicted octanol–water partition coefficient (Wildman–Crippen LogP) is 7.87. The number of aryl methyl sites for hydroxylation is 1. The van der Waals surface area contributed by atoms with Crippen LogP contribution in [0.5, 0.6) is 0 Å². The molecule has 6 rings (SSSR count). The zero-order valence-corrected chi connectivity index (χ0v) is 27.4. The Morgan fingerprint density at radius 2 is 1.59 bits per heavy atom. The van der Waals surface area contributed by atoms with E-state index >= 15 is 0 Å². The van der Waals surface area contributed by atoms with Crippen molar-refractivity contribution >= 4 is 60.8 Å². The van der Waals surface area contributed by atoms with Crippen molar-refractivity contribution in [2.24, 2.45) is 5.16 Å². The molecule has 2 heterocycles. The molecule has 2 N–H and O–H groups in total. The van der Waals surface area contributed by atoms with Crippen LogP contribution in [0.1, 0.15) is 56.7 Å². The van der Waals surface area contributed by atoms with E-state index < -0.39 is 0 Å². The number of carbonyl (C=O) groups excluding carboxylic acids is 2. The third-order valence-electron chi connectivity index (χ3n) is 8.20.